The first-order valence-corrected chi connectivity index (χ1v) is 6.60. The van der Waals surface area contributed by atoms with Gasteiger partial charge < -0.3 is 5.32 Å². The Balaban J connectivity index is 2.02. The molecule has 0 fully saturated rings. The molecule has 0 radical (unpaired) electrons. The van der Waals surface area contributed by atoms with Gasteiger partial charge in [-0.1, -0.05) is 6.07 Å². The lowest BCUT2D eigenvalue weighted by Crippen LogP contribution is -1.99. The van der Waals surface area contributed by atoms with Crippen molar-refractivity contribution in [1.29, 1.82) is 0 Å². The zero-order chi connectivity index (χ0) is 10.7. The van der Waals surface area contributed by atoms with Crippen LogP contribution >= 0.6 is 33.9 Å². The number of hydrogen-bond donors (Lipinski definition) is 1. The van der Waals surface area contributed by atoms with Crippen LogP contribution in [0.4, 0.5) is 5.69 Å². The molecule has 0 aliphatic rings. The highest BCUT2D eigenvalue weighted by atomic mass is 127. The number of hydrogen-bond acceptors (Lipinski definition) is 3. The number of nitrogens with one attached hydrogen (secondary N) is 1. The maximum absolute atomic E-state index is 4.23. The van der Waals surface area contributed by atoms with Crippen LogP contribution in [-0.4, -0.2) is 4.98 Å². The van der Waals surface area contributed by atoms with Gasteiger partial charge in [0.25, 0.3) is 0 Å². The Morgan fingerprint density at radius 2 is 2.33 bits per heavy atom. The number of rotatable bonds is 3. The number of aryl methyl sites for hydroxylation is 1. The minimum Gasteiger partial charge on any atom is -0.378 e. The van der Waals surface area contributed by atoms with E-state index in [0.717, 1.165) is 17.2 Å². The molecule has 78 valence electrons. The molecule has 4 heteroatoms. The van der Waals surface area contributed by atoms with E-state index in [0.29, 0.717) is 0 Å². The van der Waals surface area contributed by atoms with Crippen LogP contribution in [-0.2, 0) is 6.54 Å². The summed E-state index contributed by atoms with van der Waals surface area (Å²) in [5.74, 6) is 0. The molecular formula is C11H11IN2S. The highest BCUT2D eigenvalue weighted by Crippen LogP contribution is 2.18. The van der Waals surface area contributed by atoms with Crippen molar-refractivity contribution >= 4 is 39.6 Å². The Morgan fingerprint density at radius 3 is 3.00 bits per heavy atom. The lowest BCUT2D eigenvalue weighted by molar-refractivity contribution is 1.10. The first-order chi connectivity index (χ1) is 7.25. The van der Waals surface area contributed by atoms with E-state index in [1.54, 1.807) is 11.3 Å². The number of benzene rings is 1. The molecule has 0 aliphatic carbocycles. The molecule has 0 unspecified atom stereocenters. The van der Waals surface area contributed by atoms with Crippen molar-refractivity contribution in [1.82, 2.24) is 4.98 Å². The summed E-state index contributed by atoms with van der Waals surface area (Å²) < 4.78 is 1.29. The van der Waals surface area contributed by atoms with E-state index < -0.39 is 0 Å². The number of halogens is 1. The van der Waals surface area contributed by atoms with Crippen molar-refractivity contribution in [2.24, 2.45) is 0 Å². The van der Waals surface area contributed by atoms with Crippen molar-refractivity contribution in [3.8, 4) is 0 Å². The van der Waals surface area contributed by atoms with E-state index in [4.69, 9.17) is 0 Å². The van der Waals surface area contributed by atoms with E-state index in [1.807, 2.05) is 11.6 Å². The first kappa shape index (κ1) is 10.9. The van der Waals surface area contributed by atoms with Gasteiger partial charge in [0.2, 0.25) is 0 Å². The molecule has 1 heterocycles. The smallest absolute Gasteiger partial charge is 0.112 e. The number of anilines is 1. The molecule has 0 spiro atoms. The Hall–Kier alpha value is -0.620. The second kappa shape index (κ2) is 4.94. The van der Waals surface area contributed by atoms with Crippen LogP contribution in [0.5, 0.6) is 0 Å². The highest BCUT2D eigenvalue weighted by Gasteiger charge is 1.98. The summed E-state index contributed by atoms with van der Waals surface area (Å²) >= 11 is 4.02. The van der Waals surface area contributed by atoms with Crippen molar-refractivity contribution in [2.45, 2.75) is 13.5 Å². The van der Waals surface area contributed by atoms with Gasteiger partial charge in [-0.2, -0.15) is 0 Å². The molecule has 0 saturated carbocycles. The molecule has 15 heavy (non-hydrogen) atoms. The van der Waals surface area contributed by atoms with Crippen LogP contribution in [0.3, 0.4) is 0 Å². The predicted molar refractivity (Wildman–Crippen MR) is 73.3 cm³/mol. The molecule has 1 N–H and O–H groups in total. The Labute approximate surface area is 107 Å². The molecule has 1 aromatic heterocycles. The van der Waals surface area contributed by atoms with Crippen molar-refractivity contribution in [3.63, 3.8) is 0 Å². The van der Waals surface area contributed by atoms with Gasteiger partial charge >= 0.3 is 0 Å². The molecule has 0 atom stereocenters. The van der Waals surface area contributed by atoms with E-state index in [-0.39, 0.29) is 0 Å². The Morgan fingerprint density at radius 1 is 1.47 bits per heavy atom. The van der Waals surface area contributed by atoms with Crippen molar-refractivity contribution < 1.29 is 0 Å². The SMILES string of the molecule is Cc1ccc(NCc2nccs2)cc1I. The molecule has 1 aromatic carbocycles. The summed E-state index contributed by atoms with van der Waals surface area (Å²) in [7, 11) is 0. The number of nitrogens with zero attached hydrogens (tertiary/aromatic N) is 1. The second-order valence-electron chi connectivity index (χ2n) is 3.24. The Bertz CT molecular complexity index is 440. The van der Waals surface area contributed by atoms with E-state index in [9.17, 15) is 0 Å². The van der Waals surface area contributed by atoms with Crippen LogP contribution in [0.2, 0.25) is 0 Å². The zero-order valence-corrected chi connectivity index (χ0v) is 11.3. The number of aromatic nitrogens is 1. The predicted octanol–water partition coefficient (Wildman–Crippen LogP) is 3.67. The van der Waals surface area contributed by atoms with E-state index in [2.05, 4.69) is 58.0 Å². The van der Waals surface area contributed by atoms with Gasteiger partial charge in [-0.25, -0.2) is 4.98 Å². The van der Waals surface area contributed by atoms with Crippen LogP contribution in [0.25, 0.3) is 0 Å². The molecule has 2 rings (SSSR count). The van der Waals surface area contributed by atoms with Crippen LogP contribution in [0, 0.1) is 10.5 Å². The van der Waals surface area contributed by atoms with Crippen molar-refractivity contribution in [3.05, 3.63) is 43.9 Å². The van der Waals surface area contributed by atoms with E-state index in [1.165, 1.54) is 9.13 Å². The maximum Gasteiger partial charge on any atom is 0.112 e. The lowest BCUT2D eigenvalue weighted by Gasteiger charge is -2.06. The molecular weight excluding hydrogens is 319 g/mol. The summed E-state index contributed by atoms with van der Waals surface area (Å²) in [5.41, 5.74) is 2.47. The van der Waals surface area contributed by atoms with Crippen molar-refractivity contribution in [2.75, 3.05) is 5.32 Å². The molecule has 0 amide bonds. The monoisotopic (exact) mass is 330 g/mol. The third kappa shape index (κ3) is 2.92. The fourth-order valence-electron chi connectivity index (χ4n) is 1.22. The fraction of sp³-hybridized carbons (Fsp3) is 0.182. The fourth-order valence-corrected chi connectivity index (χ4v) is 2.29. The lowest BCUT2D eigenvalue weighted by atomic mass is 10.2. The third-order valence-corrected chi connectivity index (χ3v) is 4.04. The first-order valence-electron chi connectivity index (χ1n) is 4.64. The molecule has 2 aromatic rings. The van der Waals surface area contributed by atoms with Crippen LogP contribution < -0.4 is 5.32 Å². The summed E-state index contributed by atoms with van der Waals surface area (Å²) in [6.45, 7) is 2.92. The van der Waals surface area contributed by atoms with Crippen LogP contribution in [0.15, 0.2) is 29.8 Å². The summed E-state index contributed by atoms with van der Waals surface area (Å²) in [4.78, 5) is 4.23. The summed E-state index contributed by atoms with van der Waals surface area (Å²) in [5, 5.41) is 6.47. The molecule has 0 bridgehead atoms. The topological polar surface area (TPSA) is 24.9 Å². The minimum atomic E-state index is 0.802. The summed E-state index contributed by atoms with van der Waals surface area (Å²) in [6, 6.07) is 6.39. The Kier molecular flexibility index (Phi) is 3.58. The molecule has 0 aliphatic heterocycles. The highest BCUT2D eigenvalue weighted by molar-refractivity contribution is 14.1. The van der Waals surface area contributed by atoms with Gasteiger partial charge in [-0.05, 0) is 47.2 Å². The largest absolute Gasteiger partial charge is 0.378 e. The van der Waals surface area contributed by atoms with Gasteiger partial charge in [-0.3, -0.25) is 0 Å². The van der Waals surface area contributed by atoms with Gasteiger partial charge in [-0.15, -0.1) is 11.3 Å². The zero-order valence-electron chi connectivity index (χ0n) is 8.33. The molecule has 2 nitrogen and oxygen atoms in total. The second-order valence-corrected chi connectivity index (χ2v) is 5.38. The quantitative estimate of drug-likeness (QED) is 0.869. The van der Waals surface area contributed by atoms with Gasteiger partial charge in [0.05, 0.1) is 6.54 Å². The standard InChI is InChI=1S/C11H11IN2S/c1-8-2-3-9(6-10(8)12)14-7-11-13-4-5-15-11/h2-6,14H,7H2,1H3. The van der Waals surface area contributed by atoms with Gasteiger partial charge in [0.15, 0.2) is 0 Å². The average molecular weight is 330 g/mol. The minimum absolute atomic E-state index is 0.802. The third-order valence-electron chi connectivity index (χ3n) is 2.10. The van der Waals surface area contributed by atoms with Gasteiger partial charge in [0.1, 0.15) is 5.01 Å². The van der Waals surface area contributed by atoms with Gasteiger partial charge in [0, 0.05) is 20.8 Å². The summed E-state index contributed by atoms with van der Waals surface area (Å²) in [6.07, 6.45) is 1.83. The average Bonchev–Trinajstić information content (AvgIpc) is 2.73. The maximum atomic E-state index is 4.23. The molecule has 0 saturated heterocycles. The normalized spacial score (nSPS) is 10.3. The van der Waals surface area contributed by atoms with Crippen LogP contribution in [0.1, 0.15) is 10.6 Å². The van der Waals surface area contributed by atoms with E-state index >= 15 is 0 Å². The number of thiazole rings is 1.